The molecule has 0 aliphatic carbocycles. The number of amides is 1. The largest absolute Gasteiger partial charge is 0.321 e. The SMILES string of the molecule is CC[NH+](Cc1cccs1)[C@H](C)C(=O)Nc1ccc(F)cc1. The monoisotopic (exact) mass is 307 g/mol. The molecule has 0 saturated heterocycles. The van der Waals surface area contributed by atoms with Crippen LogP contribution in [0.2, 0.25) is 0 Å². The third kappa shape index (κ3) is 4.37. The van der Waals surface area contributed by atoms with Crippen molar-refractivity contribution < 1.29 is 14.1 Å². The third-order valence-corrected chi connectivity index (χ3v) is 4.43. The number of benzene rings is 1. The van der Waals surface area contributed by atoms with Gasteiger partial charge in [0.05, 0.1) is 11.4 Å². The summed E-state index contributed by atoms with van der Waals surface area (Å²) in [5.74, 6) is -0.352. The molecule has 1 amide bonds. The fourth-order valence-electron chi connectivity index (χ4n) is 2.19. The minimum atomic E-state index is -0.306. The minimum absolute atomic E-state index is 0.0463. The van der Waals surface area contributed by atoms with Crippen LogP contribution >= 0.6 is 11.3 Å². The van der Waals surface area contributed by atoms with Gasteiger partial charge in [0.15, 0.2) is 6.04 Å². The topological polar surface area (TPSA) is 33.5 Å². The lowest BCUT2D eigenvalue weighted by atomic mass is 10.2. The van der Waals surface area contributed by atoms with Gasteiger partial charge in [0.2, 0.25) is 0 Å². The van der Waals surface area contributed by atoms with Gasteiger partial charge in [-0.1, -0.05) is 6.07 Å². The molecule has 2 rings (SSSR count). The molecule has 0 radical (unpaired) electrons. The van der Waals surface area contributed by atoms with E-state index in [1.807, 2.05) is 18.4 Å². The average molecular weight is 307 g/mol. The molecule has 2 aromatic rings. The molecule has 1 heterocycles. The molecule has 2 atom stereocenters. The van der Waals surface area contributed by atoms with E-state index in [1.54, 1.807) is 23.5 Å². The fraction of sp³-hybridized carbons (Fsp3) is 0.312. The standard InChI is InChI=1S/C16H19FN2OS/c1-3-19(11-15-5-4-10-21-15)12(2)16(20)18-14-8-6-13(17)7-9-14/h4-10,12H,3,11H2,1-2H3,(H,18,20)/p+1/t12-/m1/s1. The molecule has 21 heavy (non-hydrogen) atoms. The fourth-order valence-corrected chi connectivity index (χ4v) is 2.95. The summed E-state index contributed by atoms with van der Waals surface area (Å²) in [6, 6.07) is 9.78. The van der Waals surface area contributed by atoms with Gasteiger partial charge in [-0.2, -0.15) is 0 Å². The third-order valence-electron chi connectivity index (χ3n) is 3.55. The Kier molecular flexibility index (Phi) is 5.47. The molecule has 1 unspecified atom stereocenters. The van der Waals surface area contributed by atoms with Gasteiger partial charge in [-0.3, -0.25) is 4.79 Å². The Bertz CT molecular complexity index is 568. The Morgan fingerprint density at radius 2 is 2.05 bits per heavy atom. The maximum absolute atomic E-state index is 12.9. The van der Waals surface area contributed by atoms with Crippen molar-refractivity contribution in [3.63, 3.8) is 0 Å². The van der Waals surface area contributed by atoms with Crippen molar-refractivity contribution in [1.82, 2.24) is 0 Å². The van der Waals surface area contributed by atoms with Gasteiger partial charge in [0.1, 0.15) is 12.4 Å². The number of hydrogen-bond acceptors (Lipinski definition) is 2. The summed E-state index contributed by atoms with van der Waals surface area (Å²) in [4.78, 5) is 14.8. The number of nitrogens with one attached hydrogen (secondary N) is 2. The predicted molar refractivity (Wildman–Crippen MR) is 84.0 cm³/mol. The van der Waals surface area contributed by atoms with Gasteiger partial charge in [0.25, 0.3) is 5.91 Å². The number of carbonyl (C=O) groups excluding carboxylic acids is 1. The molecule has 3 nitrogen and oxygen atoms in total. The highest BCUT2D eigenvalue weighted by Gasteiger charge is 2.24. The number of rotatable bonds is 6. The zero-order valence-electron chi connectivity index (χ0n) is 12.2. The number of anilines is 1. The summed E-state index contributed by atoms with van der Waals surface area (Å²) in [6.45, 7) is 5.71. The normalized spacial score (nSPS) is 13.7. The summed E-state index contributed by atoms with van der Waals surface area (Å²) in [6.07, 6.45) is 0. The number of likely N-dealkylation sites (N-methyl/N-ethyl adjacent to an activating group) is 1. The zero-order valence-corrected chi connectivity index (χ0v) is 13.0. The van der Waals surface area contributed by atoms with Crippen molar-refractivity contribution in [1.29, 1.82) is 0 Å². The van der Waals surface area contributed by atoms with Crippen LogP contribution in [0.15, 0.2) is 41.8 Å². The molecule has 0 aliphatic heterocycles. The molecule has 2 N–H and O–H groups in total. The van der Waals surface area contributed by atoms with E-state index in [4.69, 9.17) is 0 Å². The van der Waals surface area contributed by atoms with E-state index in [2.05, 4.69) is 18.3 Å². The Morgan fingerprint density at radius 1 is 1.33 bits per heavy atom. The number of thiophene rings is 1. The number of carbonyl (C=O) groups is 1. The van der Waals surface area contributed by atoms with Crippen molar-refractivity contribution in [3.05, 3.63) is 52.5 Å². The number of hydrogen-bond donors (Lipinski definition) is 2. The van der Waals surface area contributed by atoms with Crippen LogP contribution in [-0.2, 0) is 11.3 Å². The van der Waals surface area contributed by atoms with Crippen LogP contribution < -0.4 is 10.2 Å². The van der Waals surface area contributed by atoms with Crippen LogP contribution in [0.5, 0.6) is 0 Å². The second-order valence-corrected chi connectivity index (χ2v) is 6.02. The van der Waals surface area contributed by atoms with Crippen molar-refractivity contribution in [2.75, 3.05) is 11.9 Å². The lowest BCUT2D eigenvalue weighted by Gasteiger charge is -2.23. The minimum Gasteiger partial charge on any atom is -0.321 e. The molecule has 1 aromatic carbocycles. The predicted octanol–water partition coefficient (Wildman–Crippen LogP) is 2.32. The van der Waals surface area contributed by atoms with E-state index >= 15 is 0 Å². The van der Waals surface area contributed by atoms with Crippen molar-refractivity contribution in [3.8, 4) is 0 Å². The molecule has 0 fully saturated rings. The van der Waals surface area contributed by atoms with E-state index in [-0.39, 0.29) is 17.8 Å². The highest BCUT2D eigenvalue weighted by atomic mass is 32.1. The van der Waals surface area contributed by atoms with Gasteiger partial charge >= 0.3 is 0 Å². The summed E-state index contributed by atoms with van der Waals surface area (Å²) in [5, 5.41) is 4.89. The quantitative estimate of drug-likeness (QED) is 0.844. The first-order valence-electron chi connectivity index (χ1n) is 7.03. The van der Waals surface area contributed by atoms with Crippen LogP contribution in [0, 0.1) is 5.82 Å². The zero-order chi connectivity index (χ0) is 15.2. The second-order valence-electron chi connectivity index (χ2n) is 4.99. The molecule has 0 bridgehead atoms. The lowest BCUT2D eigenvalue weighted by molar-refractivity contribution is -0.925. The van der Waals surface area contributed by atoms with E-state index in [9.17, 15) is 9.18 Å². The maximum atomic E-state index is 12.9. The van der Waals surface area contributed by atoms with Gasteiger partial charge in [-0.25, -0.2) is 4.39 Å². The molecule has 5 heteroatoms. The van der Waals surface area contributed by atoms with Crippen LogP contribution in [0.4, 0.5) is 10.1 Å². The number of quaternary nitrogens is 1. The molecule has 0 saturated carbocycles. The van der Waals surface area contributed by atoms with E-state index in [0.29, 0.717) is 5.69 Å². The van der Waals surface area contributed by atoms with Crippen LogP contribution in [0.3, 0.4) is 0 Å². The molecule has 112 valence electrons. The first-order chi connectivity index (χ1) is 10.1. The summed E-state index contributed by atoms with van der Waals surface area (Å²) >= 11 is 1.71. The van der Waals surface area contributed by atoms with Crippen molar-refractivity contribution in [2.24, 2.45) is 0 Å². The highest BCUT2D eigenvalue weighted by molar-refractivity contribution is 7.09. The van der Waals surface area contributed by atoms with Gasteiger partial charge < -0.3 is 10.2 Å². The first kappa shape index (κ1) is 15.7. The summed E-state index contributed by atoms with van der Waals surface area (Å²) in [7, 11) is 0. The Morgan fingerprint density at radius 3 is 2.62 bits per heavy atom. The maximum Gasteiger partial charge on any atom is 0.282 e. The van der Waals surface area contributed by atoms with Crippen LogP contribution in [0.25, 0.3) is 0 Å². The number of halogens is 1. The second kappa shape index (κ2) is 7.33. The molecule has 0 aliphatic rings. The van der Waals surface area contributed by atoms with E-state index in [1.165, 1.54) is 21.9 Å². The smallest absolute Gasteiger partial charge is 0.282 e. The van der Waals surface area contributed by atoms with Crippen molar-refractivity contribution in [2.45, 2.75) is 26.4 Å². The molecular weight excluding hydrogens is 287 g/mol. The molecular formula is C16H20FN2OS+. The lowest BCUT2D eigenvalue weighted by Crippen LogP contribution is -3.15. The molecule has 0 spiro atoms. The summed E-state index contributed by atoms with van der Waals surface area (Å²) < 4.78 is 12.9. The summed E-state index contributed by atoms with van der Waals surface area (Å²) in [5.41, 5.74) is 0.625. The van der Waals surface area contributed by atoms with Crippen molar-refractivity contribution >= 4 is 22.9 Å². The van der Waals surface area contributed by atoms with Gasteiger partial charge in [-0.15, -0.1) is 11.3 Å². The highest BCUT2D eigenvalue weighted by Crippen LogP contribution is 2.09. The van der Waals surface area contributed by atoms with E-state index in [0.717, 1.165) is 13.1 Å². The van der Waals surface area contributed by atoms with Gasteiger partial charge in [-0.05, 0) is 49.6 Å². The average Bonchev–Trinajstić information content (AvgIpc) is 2.99. The Hall–Kier alpha value is -1.72. The first-order valence-corrected chi connectivity index (χ1v) is 7.91. The molecule has 1 aromatic heterocycles. The van der Waals surface area contributed by atoms with Crippen LogP contribution in [-0.4, -0.2) is 18.5 Å². The Labute approximate surface area is 128 Å². The van der Waals surface area contributed by atoms with Crippen LogP contribution in [0.1, 0.15) is 18.7 Å². The van der Waals surface area contributed by atoms with Gasteiger partial charge in [0, 0.05) is 5.69 Å². The van der Waals surface area contributed by atoms with E-state index < -0.39 is 0 Å². The Balaban J connectivity index is 1.97.